The summed E-state index contributed by atoms with van der Waals surface area (Å²) in [5, 5.41) is 8.03. The Labute approximate surface area is 137 Å². The third kappa shape index (κ3) is 3.63. The van der Waals surface area contributed by atoms with Crippen LogP contribution in [0.4, 0.5) is 0 Å². The Hall–Kier alpha value is -1.69. The van der Waals surface area contributed by atoms with Gasteiger partial charge >= 0.3 is 0 Å². The molecule has 1 aromatic heterocycles. The minimum Gasteiger partial charge on any atom is -0.355 e. The lowest BCUT2D eigenvalue weighted by Gasteiger charge is -2.30. The van der Waals surface area contributed by atoms with Crippen LogP contribution in [0, 0.1) is 0 Å². The molecule has 0 spiro atoms. The average Bonchev–Trinajstić information content (AvgIpc) is 3.03. The smallest absolute Gasteiger partial charge is 0.163 e. The first-order valence-corrected chi connectivity index (χ1v) is 8.34. The van der Waals surface area contributed by atoms with E-state index in [1.165, 1.54) is 11.3 Å². The normalized spacial score (nSPS) is 20.4. The van der Waals surface area contributed by atoms with Crippen molar-refractivity contribution in [2.45, 2.75) is 38.6 Å². The number of aromatic nitrogens is 2. The molecule has 1 N–H and O–H groups in total. The predicted molar refractivity (Wildman–Crippen MR) is 89.7 cm³/mol. The molecule has 0 radical (unpaired) electrons. The molecule has 2 unspecified atom stereocenters. The Balaban J connectivity index is 1.82. The third-order valence-corrected chi connectivity index (χ3v) is 4.20. The van der Waals surface area contributed by atoms with Gasteiger partial charge in [0.05, 0.1) is 23.7 Å². The first-order valence-electron chi connectivity index (χ1n) is 8.34. The highest BCUT2D eigenvalue weighted by Gasteiger charge is 2.31. The van der Waals surface area contributed by atoms with E-state index in [2.05, 4.69) is 29.5 Å². The van der Waals surface area contributed by atoms with Crippen LogP contribution < -0.4 is 5.32 Å². The summed E-state index contributed by atoms with van der Waals surface area (Å²) in [6.07, 6.45) is 4.55. The van der Waals surface area contributed by atoms with Gasteiger partial charge in [0.25, 0.3) is 0 Å². The molecule has 23 heavy (non-hydrogen) atoms. The maximum Gasteiger partial charge on any atom is 0.163 e. The second-order valence-corrected chi connectivity index (χ2v) is 5.83. The molecule has 1 aromatic carbocycles. The Kier molecular flexibility index (Phi) is 5.43. The molecule has 3 rings (SSSR count). The Morgan fingerprint density at radius 1 is 1.30 bits per heavy atom. The molecule has 5 heteroatoms. The molecule has 0 amide bonds. The zero-order valence-corrected chi connectivity index (χ0v) is 13.9. The Morgan fingerprint density at radius 3 is 2.87 bits per heavy atom. The molecule has 2 heterocycles. The van der Waals surface area contributed by atoms with Gasteiger partial charge in [-0.05, 0) is 38.1 Å². The summed E-state index contributed by atoms with van der Waals surface area (Å²) in [5.41, 5.74) is 3.45. The standard InChI is InChI=1S/C18H25N3O2/c1-3-10-19-11-9-17-15-13-20-21(14-7-5-4-6-8-14)16(15)12-18(22-2)23-17/h4-8,13,17-19H,3,9-12H2,1-2H3. The lowest BCUT2D eigenvalue weighted by atomic mass is 10.0. The van der Waals surface area contributed by atoms with Gasteiger partial charge < -0.3 is 14.8 Å². The zero-order chi connectivity index (χ0) is 16.1. The average molecular weight is 315 g/mol. The van der Waals surface area contributed by atoms with Crippen LogP contribution in [0.1, 0.15) is 37.1 Å². The van der Waals surface area contributed by atoms with Crippen molar-refractivity contribution in [1.29, 1.82) is 0 Å². The summed E-state index contributed by atoms with van der Waals surface area (Å²) >= 11 is 0. The van der Waals surface area contributed by atoms with Crippen molar-refractivity contribution in [2.75, 3.05) is 20.2 Å². The van der Waals surface area contributed by atoms with E-state index in [4.69, 9.17) is 9.47 Å². The number of methoxy groups -OCH3 is 1. The summed E-state index contributed by atoms with van der Waals surface area (Å²) in [5.74, 6) is 0. The van der Waals surface area contributed by atoms with Gasteiger partial charge in [-0.1, -0.05) is 25.1 Å². The van der Waals surface area contributed by atoms with Gasteiger partial charge in [0, 0.05) is 19.1 Å². The summed E-state index contributed by atoms with van der Waals surface area (Å²) < 4.78 is 13.6. The van der Waals surface area contributed by atoms with Crippen molar-refractivity contribution in [1.82, 2.24) is 15.1 Å². The lowest BCUT2D eigenvalue weighted by molar-refractivity contribution is -0.166. The fraction of sp³-hybridized carbons (Fsp3) is 0.500. The van der Waals surface area contributed by atoms with E-state index in [0.717, 1.165) is 38.0 Å². The van der Waals surface area contributed by atoms with Gasteiger partial charge in [-0.3, -0.25) is 0 Å². The predicted octanol–water partition coefficient (Wildman–Crippen LogP) is 2.85. The summed E-state index contributed by atoms with van der Waals surface area (Å²) in [6.45, 7) is 4.15. The minimum atomic E-state index is -0.210. The number of benzene rings is 1. The first-order chi connectivity index (χ1) is 11.3. The molecular weight excluding hydrogens is 290 g/mol. The number of ether oxygens (including phenoxy) is 2. The summed E-state index contributed by atoms with van der Waals surface area (Å²) in [7, 11) is 1.70. The summed E-state index contributed by atoms with van der Waals surface area (Å²) in [4.78, 5) is 0. The SMILES string of the molecule is CCCNCCC1OC(OC)Cc2c1cnn2-c1ccccc1. The molecule has 2 atom stereocenters. The largest absolute Gasteiger partial charge is 0.355 e. The number of nitrogens with one attached hydrogen (secondary N) is 1. The Morgan fingerprint density at radius 2 is 2.13 bits per heavy atom. The highest BCUT2D eigenvalue weighted by atomic mass is 16.7. The number of rotatable bonds is 7. The van der Waals surface area contributed by atoms with Crippen LogP contribution in [-0.2, 0) is 15.9 Å². The van der Waals surface area contributed by atoms with Crippen molar-refractivity contribution in [3.05, 3.63) is 47.8 Å². The van der Waals surface area contributed by atoms with Gasteiger partial charge in [-0.25, -0.2) is 4.68 Å². The fourth-order valence-corrected chi connectivity index (χ4v) is 3.01. The summed E-state index contributed by atoms with van der Waals surface area (Å²) in [6, 6.07) is 10.2. The van der Waals surface area contributed by atoms with Crippen molar-refractivity contribution in [3.8, 4) is 5.69 Å². The monoisotopic (exact) mass is 315 g/mol. The number of hydrogen-bond acceptors (Lipinski definition) is 4. The van der Waals surface area contributed by atoms with Crippen LogP contribution in [0.2, 0.25) is 0 Å². The van der Waals surface area contributed by atoms with Gasteiger partial charge in [0.2, 0.25) is 0 Å². The van der Waals surface area contributed by atoms with E-state index >= 15 is 0 Å². The van der Waals surface area contributed by atoms with Gasteiger partial charge in [-0.2, -0.15) is 5.10 Å². The Bertz CT molecular complexity index is 612. The van der Waals surface area contributed by atoms with E-state index in [-0.39, 0.29) is 12.4 Å². The van der Waals surface area contributed by atoms with Crippen LogP contribution in [-0.4, -0.2) is 36.3 Å². The second-order valence-electron chi connectivity index (χ2n) is 5.83. The van der Waals surface area contributed by atoms with Crippen molar-refractivity contribution >= 4 is 0 Å². The molecule has 5 nitrogen and oxygen atoms in total. The minimum absolute atomic E-state index is 0.0329. The quantitative estimate of drug-likeness (QED) is 0.798. The molecule has 1 aliphatic heterocycles. The molecule has 0 bridgehead atoms. The molecule has 124 valence electrons. The zero-order valence-electron chi connectivity index (χ0n) is 13.9. The number of para-hydroxylation sites is 1. The fourth-order valence-electron chi connectivity index (χ4n) is 3.01. The highest BCUT2D eigenvalue weighted by Crippen LogP contribution is 2.33. The van der Waals surface area contributed by atoms with Gasteiger partial charge in [0.1, 0.15) is 0 Å². The van der Waals surface area contributed by atoms with E-state index in [1.807, 2.05) is 29.1 Å². The molecule has 0 saturated carbocycles. The third-order valence-electron chi connectivity index (χ3n) is 4.20. The second kappa shape index (κ2) is 7.73. The molecule has 2 aromatic rings. The maximum atomic E-state index is 6.08. The van der Waals surface area contributed by atoms with Crippen LogP contribution in [0.15, 0.2) is 36.5 Å². The molecule has 1 aliphatic rings. The van der Waals surface area contributed by atoms with E-state index in [0.29, 0.717) is 0 Å². The lowest BCUT2D eigenvalue weighted by Crippen LogP contribution is -2.30. The highest BCUT2D eigenvalue weighted by molar-refractivity contribution is 5.36. The van der Waals surface area contributed by atoms with Crippen molar-refractivity contribution in [2.24, 2.45) is 0 Å². The van der Waals surface area contributed by atoms with E-state index < -0.39 is 0 Å². The molecule has 0 fully saturated rings. The van der Waals surface area contributed by atoms with Crippen molar-refractivity contribution in [3.63, 3.8) is 0 Å². The molecule has 0 aliphatic carbocycles. The van der Waals surface area contributed by atoms with Crippen LogP contribution in [0.5, 0.6) is 0 Å². The van der Waals surface area contributed by atoms with Gasteiger partial charge in [-0.15, -0.1) is 0 Å². The van der Waals surface area contributed by atoms with Crippen LogP contribution in [0.25, 0.3) is 5.69 Å². The number of fused-ring (bicyclic) bond motifs is 1. The maximum absolute atomic E-state index is 6.08. The van der Waals surface area contributed by atoms with E-state index in [1.54, 1.807) is 7.11 Å². The number of nitrogens with zero attached hydrogens (tertiary/aromatic N) is 2. The molecule has 0 saturated heterocycles. The number of hydrogen-bond donors (Lipinski definition) is 1. The van der Waals surface area contributed by atoms with Crippen LogP contribution >= 0.6 is 0 Å². The van der Waals surface area contributed by atoms with Gasteiger partial charge in [0.15, 0.2) is 6.29 Å². The van der Waals surface area contributed by atoms with Crippen LogP contribution in [0.3, 0.4) is 0 Å². The first kappa shape index (κ1) is 16.2. The van der Waals surface area contributed by atoms with Crippen molar-refractivity contribution < 1.29 is 9.47 Å². The topological polar surface area (TPSA) is 48.3 Å². The van der Waals surface area contributed by atoms with E-state index in [9.17, 15) is 0 Å². The molecular formula is C18H25N3O2.